The third kappa shape index (κ3) is 14.5. The standard InChI is InChI=1S/C19H16N4.C6H12N2O.C6H11NO.3C2H6.CH2O/c1-20-16-7-9-18-15(10-16)6-8-17(23-18)13-2-4-14(5-3-13)19-11-21-12-22-19;7-5-6(9)8-3-1-2-4-8;1-6(8)7-4-2-3-5-7;4*1-2/h2-12,20H,1H3,(H,21,22);1-5,7H2;2-5H2,1H3;3*1-2H3;1H2. The molecule has 2 aliphatic rings. The van der Waals surface area contributed by atoms with Crippen molar-refractivity contribution < 1.29 is 14.4 Å². The minimum absolute atomic E-state index is 0.0903. The van der Waals surface area contributed by atoms with Gasteiger partial charge in [-0.05, 0) is 55.5 Å². The fourth-order valence-electron chi connectivity index (χ4n) is 4.80. The van der Waals surface area contributed by atoms with E-state index < -0.39 is 0 Å². The summed E-state index contributed by atoms with van der Waals surface area (Å²) >= 11 is 0. The number of hydrogen-bond acceptors (Lipinski definition) is 7. The Labute approximate surface area is 288 Å². The van der Waals surface area contributed by atoms with Crippen molar-refractivity contribution in [1.29, 1.82) is 0 Å². The van der Waals surface area contributed by atoms with Crippen molar-refractivity contribution in [1.82, 2.24) is 24.8 Å². The van der Waals surface area contributed by atoms with Crippen LogP contribution in [0.1, 0.15) is 74.1 Å². The van der Waals surface area contributed by atoms with Gasteiger partial charge in [-0.2, -0.15) is 0 Å². The van der Waals surface area contributed by atoms with Crippen LogP contribution in [0.25, 0.3) is 33.4 Å². The van der Waals surface area contributed by atoms with Crippen molar-refractivity contribution in [2.75, 3.05) is 45.1 Å². The van der Waals surface area contributed by atoms with Crippen molar-refractivity contribution in [2.45, 2.75) is 74.1 Å². The molecule has 10 heteroatoms. The number of amides is 2. The summed E-state index contributed by atoms with van der Waals surface area (Å²) in [6.07, 6.45) is 8.19. The molecule has 2 aliphatic heterocycles. The zero-order chi connectivity index (χ0) is 36.3. The lowest BCUT2D eigenvalue weighted by Crippen LogP contribution is -2.33. The fraction of sp³-hybridized carbons (Fsp3) is 0.447. The highest BCUT2D eigenvalue weighted by atomic mass is 16.2. The highest BCUT2D eigenvalue weighted by Crippen LogP contribution is 2.25. The number of carbonyl (C=O) groups excluding carboxylic acids is 3. The van der Waals surface area contributed by atoms with Crippen LogP contribution in [-0.4, -0.2) is 83.1 Å². The van der Waals surface area contributed by atoms with Crippen LogP contribution in [0.2, 0.25) is 0 Å². The van der Waals surface area contributed by atoms with E-state index in [1.54, 1.807) is 13.3 Å². The van der Waals surface area contributed by atoms with Gasteiger partial charge in [0.25, 0.3) is 0 Å². The second-order valence-corrected chi connectivity index (χ2v) is 9.90. The number of aromatic nitrogens is 3. The number of carbonyl (C=O) groups is 3. The minimum Gasteiger partial charge on any atom is -0.388 e. The fourth-order valence-corrected chi connectivity index (χ4v) is 4.80. The SMILES string of the molecule is C=O.CC.CC.CC.CC(=O)N1CCCC1.CNc1ccc2nc(-c3ccc(-c4cnc[nH]4)cc3)ccc2c1.NCC(=O)N1CCCC1. The molecule has 6 rings (SSSR count). The molecule has 0 saturated carbocycles. The molecule has 2 fully saturated rings. The molecule has 264 valence electrons. The zero-order valence-electron chi connectivity index (χ0n) is 30.5. The molecule has 0 spiro atoms. The third-order valence-electron chi connectivity index (χ3n) is 7.15. The van der Waals surface area contributed by atoms with Gasteiger partial charge in [-0.3, -0.25) is 9.59 Å². The van der Waals surface area contributed by atoms with E-state index >= 15 is 0 Å². The number of pyridine rings is 1. The van der Waals surface area contributed by atoms with Crippen LogP contribution in [0.5, 0.6) is 0 Å². The van der Waals surface area contributed by atoms with Gasteiger partial charge >= 0.3 is 0 Å². The molecule has 0 bridgehead atoms. The number of imidazole rings is 1. The van der Waals surface area contributed by atoms with Gasteiger partial charge in [-0.15, -0.1) is 0 Å². The molecule has 10 nitrogen and oxygen atoms in total. The third-order valence-corrected chi connectivity index (χ3v) is 7.15. The number of hydrogen-bond donors (Lipinski definition) is 3. The summed E-state index contributed by atoms with van der Waals surface area (Å²) < 4.78 is 0. The molecular weight excluding hydrogens is 602 g/mol. The topological polar surface area (TPSA) is 137 Å². The molecule has 4 heterocycles. The van der Waals surface area contributed by atoms with Crippen LogP contribution in [0.4, 0.5) is 5.69 Å². The quantitative estimate of drug-likeness (QED) is 0.207. The number of anilines is 1. The number of benzene rings is 2. The Hall–Kier alpha value is -4.57. The maximum Gasteiger partial charge on any atom is 0.236 e. The molecule has 48 heavy (non-hydrogen) atoms. The summed E-state index contributed by atoms with van der Waals surface area (Å²) in [6, 6.07) is 18.7. The normalized spacial score (nSPS) is 12.4. The van der Waals surface area contributed by atoms with Gasteiger partial charge in [-0.25, -0.2) is 9.97 Å². The summed E-state index contributed by atoms with van der Waals surface area (Å²) in [6.45, 7) is 19.6. The van der Waals surface area contributed by atoms with E-state index in [2.05, 4.69) is 57.7 Å². The van der Waals surface area contributed by atoms with E-state index in [0.717, 1.165) is 78.1 Å². The largest absolute Gasteiger partial charge is 0.388 e. The number of rotatable bonds is 4. The van der Waals surface area contributed by atoms with Gasteiger partial charge < -0.3 is 30.6 Å². The number of likely N-dealkylation sites (tertiary alicyclic amines) is 2. The first-order chi connectivity index (χ1) is 23.5. The Kier molecular flexibility index (Phi) is 24.0. The van der Waals surface area contributed by atoms with Crippen LogP contribution >= 0.6 is 0 Å². The first-order valence-electron chi connectivity index (χ1n) is 17.2. The van der Waals surface area contributed by atoms with Gasteiger partial charge in [0.2, 0.25) is 11.8 Å². The summed E-state index contributed by atoms with van der Waals surface area (Å²) in [5, 5.41) is 4.28. The molecule has 2 saturated heterocycles. The lowest BCUT2D eigenvalue weighted by Gasteiger charge is -2.12. The van der Waals surface area contributed by atoms with Crippen LogP contribution in [-0.2, 0) is 14.4 Å². The number of nitrogens with one attached hydrogen (secondary N) is 2. The van der Waals surface area contributed by atoms with Crippen molar-refractivity contribution in [2.24, 2.45) is 5.73 Å². The Morgan fingerprint density at radius 1 is 0.812 bits per heavy atom. The Bertz CT molecular complexity index is 1400. The first kappa shape index (κ1) is 43.4. The van der Waals surface area contributed by atoms with E-state index in [1.807, 2.05) is 83.5 Å². The van der Waals surface area contributed by atoms with E-state index in [1.165, 1.54) is 12.8 Å². The maximum absolute atomic E-state index is 10.8. The molecular formula is C38H59N7O3. The lowest BCUT2D eigenvalue weighted by molar-refractivity contribution is -0.129. The molecule has 4 N–H and O–H groups in total. The second kappa shape index (κ2) is 26.5. The van der Waals surface area contributed by atoms with Crippen molar-refractivity contribution >= 4 is 35.2 Å². The monoisotopic (exact) mass is 661 g/mol. The van der Waals surface area contributed by atoms with Crippen molar-refractivity contribution in [3.63, 3.8) is 0 Å². The maximum atomic E-state index is 10.8. The second-order valence-electron chi connectivity index (χ2n) is 9.90. The predicted molar refractivity (Wildman–Crippen MR) is 202 cm³/mol. The smallest absolute Gasteiger partial charge is 0.236 e. The van der Waals surface area contributed by atoms with E-state index in [4.69, 9.17) is 15.5 Å². The Morgan fingerprint density at radius 2 is 1.35 bits per heavy atom. The Balaban J connectivity index is 0.000000732. The number of H-pyrrole nitrogens is 1. The molecule has 0 radical (unpaired) electrons. The predicted octanol–water partition coefficient (Wildman–Crippen LogP) is 7.42. The molecule has 2 aromatic carbocycles. The van der Waals surface area contributed by atoms with Crippen LogP contribution in [0, 0.1) is 0 Å². The number of aromatic amines is 1. The number of nitrogens with zero attached hydrogens (tertiary/aromatic N) is 4. The molecule has 4 aromatic rings. The first-order valence-corrected chi connectivity index (χ1v) is 17.2. The van der Waals surface area contributed by atoms with E-state index in [9.17, 15) is 9.59 Å². The molecule has 2 amide bonds. The van der Waals surface area contributed by atoms with Crippen LogP contribution in [0.15, 0.2) is 67.1 Å². The van der Waals surface area contributed by atoms with Gasteiger partial charge in [0.05, 0.1) is 36.0 Å². The van der Waals surface area contributed by atoms with Crippen LogP contribution < -0.4 is 11.1 Å². The highest BCUT2D eigenvalue weighted by molar-refractivity contribution is 5.85. The highest BCUT2D eigenvalue weighted by Gasteiger charge is 2.15. The van der Waals surface area contributed by atoms with Crippen LogP contribution in [0.3, 0.4) is 0 Å². The minimum atomic E-state index is 0.0903. The lowest BCUT2D eigenvalue weighted by atomic mass is 10.1. The van der Waals surface area contributed by atoms with Gasteiger partial charge in [0, 0.05) is 56.8 Å². The van der Waals surface area contributed by atoms with E-state index in [0.29, 0.717) is 0 Å². The number of fused-ring (bicyclic) bond motifs is 1. The summed E-state index contributed by atoms with van der Waals surface area (Å²) in [7, 11) is 1.92. The van der Waals surface area contributed by atoms with Gasteiger partial charge in [-0.1, -0.05) is 71.9 Å². The van der Waals surface area contributed by atoms with Gasteiger partial charge in [0.15, 0.2) is 0 Å². The average molecular weight is 662 g/mol. The van der Waals surface area contributed by atoms with E-state index in [-0.39, 0.29) is 18.4 Å². The zero-order valence-corrected chi connectivity index (χ0v) is 30.5. The summed E-state index contributed by atoms with van der Waals surface area (Å²) in [5.41, 5.74) is 11.5. The van der Waals surface area contributed by atoms with Gasteiger partial charge in [0.1, 0.15) is 6.79 Å². The van der Waals surface area contributed by atoms with Crippen molar-refractivity contribution in [3.8, 4) is 22.5 Å². The summed E-state index contributed by atoms with van der Waals surface area (Å²) in [4.78, 5) is 45.0. The molecule has 2 aromatic heterocycles. The molecule has 0 unspecified atom stereocenters. The number of nitrogens with two attached hydrogens (primary N) is 1. The Morgan fingerprint density at radius 3 is 1.81 bits per heavy atom. The average Bonchev–Trinajstić information content (AvgIpc) is 4.00. The molecule has 0 aliphatic carbocycles. The van der Waals surface area contributed by atoms with Crippen molar-refractivity contribution in [3.05, 3.63) is 67.1 Å². The summed E-state index contributed by atoms with van der Waals surface area (Å²) in [5.74, 6) is 0.315. The molecule has 0 atom stereocenters.